The van der Waals surface area contributed by atoms with E-state index in [0.29, 0.717) is 25.1 Å². The Labute approximate surface area is 115 Å². The molecule has 1 aliphatic rings. The number of H-pyrrole nitrogens is 1. The maximum Gasteiger partial charge on any atom is 0.407 e. The summed E-state index contributed by atoms with van der Waals surface area (Å²) in [4.78, 5) is 24.5. The fraction of sp³-hybridized carbons (Fsp3) is 0.286. The Morgan fingerprint density at radius 1 is 1.30 bits per heavy atom. The lowest BCUT2D eigenvalue weighted by Gasteiger charge is -2.22. The standard InChI is InChI=1S/C14H15N3O3/c18-13-11-9-16(14(19)20)7-6-12(11)15-17(13)8-10-4-2-1-3-5-10/h1-5,15H,6-9H2,(H,19,20). The summed E-state index contributed by atoms with van der Waals surface area (Å²) in [6.45, 7) is 1.06. The van der Waals surface area contributed by atoms with Crippen LogP contribution in [0.3, 0.4) is 0 Å². The molecule has 6 heteroatoms. The molecular weight excluding hydrogens is 258 g/mol. The van der Waals surface area contributed by atoms with E-state index in [-0.39, 0.29) is 12.1 Å². The molecule has 20 heavy (non-hydrogen) atoms. The van der Waals surface area contributed by atoms with Crippen LogP contribution in [0.4, 0.5) is 4.79 Å². The minimum Gasteiger partial charge on any atom is -0.465 e. The van der Waals surface area contributed by atoms with Crippen molar-refractivity contribution in [3.8, 4) is 0 Å². The number of carboxylic acid groups (broad SMARTS) is 1. The van der Waals surface area contributed by atoms with Gasteiger partial charge in [0.2, 0.25) is 0 Å². The van der Waals surface area contributed by atoms with Gasteiger partial charge in [0.15, 0.2) is 0 Å². The van der Waals surface area contributed by atoms with Gasteiger partial charge < -0.3 is 10.0 Å². The van der Waals surface area contributed by atoms with Crippen molar-refractivity contribution in [2.24, 2.45) is 0 Å². The number of nitrogens with zero attached hydrogens (tertiary/aromatic N) is 2. The van der Waals surface area contributed by atoms with Gasteiger partial charge in [-0.25, -0.2) is 9.48 Å². The molecule has 2 N–H and O–H groups in total. The summed E-state index contributed by atoms with van der Waals surface area (Å²) in [5.74, 6) is 0. The second-order valence-corrected chi connectivity index (χ2v) is 4.90. The van der Waals surface area contributed by atoms with Crippen molar-refractivity contribution in [2.75, 3.05) is 6.54 Å². The number of rotatable bonds is 2. The molecule has 0 fully saturated rings. The molecule has 1 aromatic carbocycles. The highest BCUT2D eigenvalue weighted by Gasteiger charge is 2.25. The molecule has 1 amide bonds. The number of benzene rings is 1. The number of fused-ring (bicyclic) bond motifs is 1. The topological polar surface area (TPSA) is 78.3 Å². The zero-order valence-corrected chi connectivity index (χ0v) is 10.9. The lowest BCUT2D eigenvalue weighted by molar-refractivity contribution is 0.139. The van der Waals surface area contributed by atoms with E-state index in [1.807, 2.05) is 30.3 Å². The fourth-order valence-electron chi connectivity index (χ4n) is 2.50. The first kappa shape index (κ1) is 12.5. The average Bonchev–Trinajstić information content (AvgIpc) is 2.76. The molecule has 0 spiro atoms. The predicted molar refractivity (Wildman–Crippen MR) is 72.7 cm³/mol. The van der Waals surface area contributed by atoms with Gasteiger partial charge in [-0.05, 0) is 5.56 Å². The van der Waals surface area contributed by atoms with E-state index in [1.54, 1.807) is 4.68 Å². The van der Waals surface area contributed by atoms with E-state index in [1.165, 1.54) is 4.90 Å². The van der Waals surface area contributed by atoms with Crippen molar-refractivity contribution >= 4 is 6.09 Å². The van der Waals surface area contributed by atoms with Crippen LogP contribution in [0.1, 0.15) is 16.8 Å². The van der Waals surface area contributed by atoms with Crippen LogP contribution in [0.2, 0.25) is 0 Å². The van der Waals surface area contributed by atoms with E-state index >= 15 is 0 Å². The van der Waals surface area contributed by atoms with Crippen molar-refractivity contribution in [3.05, 3.63) is 57.5 Å². The van der Waals surface area contributed by atoms with Crippen LogP contribution in [0.5, 0.6) is 0 Å². The summed E-state index contributed by atoms with van der Waals surface area (Å²) in [6.07, 6.45) is -0.426. The molecule has 3 rings (SSSR count). The number of aromatic amines is 1. The number of hydrogen-bond acceptors (Lipinski definition) is 2. The first-order valence-electron chi connectivity index (χ1n) is 6.47. The maximum absolute atomic E-state index is 12.3. The zero-order chi connectivity index (χ0) is 14.1. The summed E-state index contributed by atoms with van der Waals surface area (Å²) in [5, 5.41) is 12.1. The highest BCUT2D eigenvalue weighted by atomic mass is 16.4. The molecule has 0 atom stereocenters. The molecule has 2 heterocycles. The third-order valence-electron chi connectivity index (χ3n) is 3.57. The Morgan fingerprint density at radius 3 is 2.75 bits per heavy atom. The molecule has 1 aromatic heterocycles. The number of aromatic nitrogens is 2. The van der Waals surface area contributed by atoms with Crippen LogP contribution in [-0.4, -0.2) is 32.4 Å². The summed E-state index contributed by atoms with van der Waals surface area (Å²) < 4.78 is 1.55. The van der Waals surface area contributed by atoms with Gasteiger partial charge in [0.25, 0.3) is 5.56 Å². The zero-order valence-electron chi connectivity index (χ0n) is 10.9. The van der Waals surface area contributed by atoms with Crippen molar-refractivity contribution in [2.45, 2.75) is 19.5 Å². The predicted octanol–water partition coefficient (Wildman–Crippen LogP) is 1.26. The van der Waals surface area contributed by atoms with Gasteiger partial charge in [0.05, 0.1) is 18.7 Å². The molecule has 1 aliphatic heterocycles. The highest BCUT2D eigenvalue weighted by Crippen LogP contribution is 2.14. The van der Waals surface area contributed by atoms with Gasteiger partial charge in [-0.1, -0.05) is 30.3 Å². The first-order chi connectivity index (χ1) is 9.65. The Kier molecular flexibility index (Phi) is 3.06. The van der Waals surface area contributed by atoms with Gasteiger partial charge >= 0.3 is 6.09 Å². The Bertz CT molecular complexity index is 687. The minimum absolute atomic E-state index is 0.130. The fourth-order valence-corrected chi connectivity index (χ4v) is 2.50. The van der Waals surface area contributed by atoms with Crippen molar-refractivity contribution in [3.63, 3.8) is 0 Å². The molecule has 0 aliphatic carbocycles. The van der Waals surface area contributed by atoms with Gasteiger partial charge in [0.1, 0.15) is 0 Å². The van der Waals surface area contributed by atoms with Gasteiger partial charge in [-0.2, -0.15) is 0 Å². The lowest BCUT2D eigenvalue weighted by atomic mass is 10.1. The summed E-state index contributed by atoms with van der Waals surface area (Å²) >= 11 is 0. The SMILES string of the molecule is O=C(O)N1CCc2[nH]n(Cc3ccccc3)c(=O)c2C1. The van der Waals surface area contributed by atoms with Gasteiger partial charge in [0, 0.05) is 18.7 Å². The average molecular weight is 273 g/mol. The summed E-state index contributed by atoms with van der Waals surface area (Å²) in [6, 6.07) is 9.69. The molecule has 104 valence electrons. The molecule has 0 radical (unpaired) electrons. The smallest absolute Gasteiger partial charge is 0.407 e. The monoisotopic (exact) mass is 273 g/mol. The largest absolute Gasteiger partial charge is 0.465 e. The normalized spacial score (nSPS) is 14.1. The van der Waals surface area contributed by atoms with Crippen LogP contribution in [0.25, 0.3) is 0 Å². The quantitative estimate of drug-likeness (QED) is 0.864. The van der Waals surface area contributed by atoms with Gasteiger partial charge in [-0.3, -0.25) is 9.89 Å². The molecule has 0 unspecified atom stereocenters. The van der Waals surface area contributed by atoms with Crippen molar-refractivity contribution in [1.82, 2.24) is 14.7 Å². The van der Waals surface area contributed by atoms with Crippen molar-refractivity contribution in [1.29, 1.82) is 0 Å². The van der Waals surface area contributed by atoms with Crippen LogP contribution < -0.4 is 5.56 Å². The molecule has 2 aromatic rings. The van der Waals surface area contributed by atoms with E-state index < -0.39 is 6.09 Å². The first-order valence-corrected chi connectivity index (χ1v) is 6.47. The number of amides is 1. The summed E-state index contributed by atoms with van der Waals surface area (Å²) in [7, 11) is 0. The van der Waals surface area contributed by atoms with E-state index in [9.17, 15) is 9.59 Å². The molecule has 0 bridgehead atoms. The summed E-state index contributed by atoms with van der Waals surface area (Å²) in [5.41, 5.74) is 2.32. The minimum atomic E-state index is -0.981. The molecule has 0 saturated carbocycles. The lowest BCUT2D eigenvalue weighted by Crippen LogP contribution is -2.36. The number of nitrogens with one attached hydrogen (secondary N) is 1. The van der Waals surface area contributed by atoms with Crippen LogP contribution in [-0.2, 0) is 19.5 Å². The van der Waals surface area contributed by atoms with Gasteiger partial charge in [-0.15, -0.1) is 0 Å². The molecule has 6 nitrogen and oxygen atoms in total. The third-order valence-corrected chi connectivity index (χ3v) is 3.57. The second kappa shape index (κ2) is 4.88. The Balaban J connectivity index is 1.89. The van der Waals surface area contributed by atoms with Crippen LogP contribution >= 0.6 is 0 Å². The molecule has 0 saturated heterocycles. The van der Waals surface area contributed by atoms with E-state index in [4.69, 9.17) is 5.11 Å². The maximum atomic E-state index is 12.3. The van der Waals surface area contributed by atoms with Crippen molar-refractivity contribution < 1.29 is 9.90 Å². The number of hydrogen-bond donors (Lipinski definition) is 2. The van der Waals surface area contributed by atoms with Crippen LogP contribution in [0.15, 0.2) is 35.1 Å². The van der Waals surface area contributed by atoms with Crippen LogP contribution in [0, 0.1) is 0 Å². The Hall–Kier alpha value is -2.50. The number of carbonyl (C=O) groups is 1. The highest BCUT2D eigenvalue weighted by molar-refractivity contribution is 5.65. The Morgan fingerprint density at radius 2 is 2.05 bits per heavy atom. The third kappa shape index (κ3) is 2.20. The van der Waals surface area contributed by atoms with E-state index in [2.05, 4.69) is 5.10 Å². The second-order valence-electron chi connectivity index (χ2n) is 4.90. The molecular formula is C14H15N3O3. The van der Waals surface area contributed by atoms with E-state index in [0.717, 1.165) is 11.3 Å².